The lowest BCUT2D eigenvalue weighted by Gasteiger charge is -2.26. The summed E-state index contributed by atoms with van der Waals surface area (Å²) in [4.78, 5) is 0. The Morgan fingerprint density at radius 1 is 1.44 bits per heavy atom. The first-order valence-corrected chi connectivity index (χ1v) is 6.42. The third-order valence-electron chi connectivity index (χ3n) is 2.89. The van der Waals surface area contributed by atoms with Gasteiger partial charge in [0.15, 0.2) is 0 Å². The highest BCUT2D eigenvalue weighted by molar-refractivity contribution is 9.10. The number of benzene rings is 1. The fourth-order valence-electron chi connectivity index (χ4n) is 1.33. The van der Waals surface area contributed by atoms with Gasteiger partial charge >= 0.3 is 0 Å². The molecule has 0 saturated heterocycles. The van der Waals surface area contributed by atoms with Gasteiger partial charge in [-0.1, -0.05) is 35.0 Å². The van der Waals surface area contributed by atoms with Crippen molar-refractivity contribution in [3.63, 3.8) is 0 Å². The zero-order valence-electron chi connectivity index (χ0n) is 10.1. The summed E-state index contributed by atoms with van der Waals surface area (Å²) < 4.78 is 0.999. The maximum atomic E-state index is 10.0. The van der Waals surface area contributed by atoms with Gasteiger partial charge in [0.1, 0.15) is 0 Å². The van der Waals surface area contributed by atoms with Crippen molar-refractivity contribution in [2.45, 2.75) is 38.8 Å². The van der Waals surface area contributed by atoms with E-state index in [9.17, 15) is 5.11 Å². The minimum Gasteiger partial charge on any atom is -0.387 e. The standard InChI is InChI=1S/C13H20BrNO/c1-4-13(2,3)15-9-12(16)10-6-5-7-11(14)8-10/h5-8,12,15-16H,4,9H2,1-3H3. The molecule has 1 aromatic carbocycles. The average molecular weight is 286 g/mol. The summed E-state index contributed by atoms with van der Waals surface area (Å²) in [5.41, 5.74) is 1.02. The fourth-order valence-corrected chi connectivity index (χ4v) is 1.75. The van der Waals surface area contributed by atoms with Gasteiger partial charge in [0, 0.05) is 16.6 Å². The molecule has 0 aliphatic carbocycles. The second kappa shape index (κ2) is 5.80. The smallest absolute Gasteiger partial charge is 0.0914 e. The molecule has 0 spiro atoms. The van der Waals surface area contributed by atoms with E-state index < -0.39 is 6.10 Å². The van der Waals surface area contributed by atoms with Crippen molar-refractivity contribution >= 4 is 15.9 Å². The summed E-state index contributed by atoms with van der Waals surface area (Å²) in [7, 11) is 0. The highest BCUT2D eigenvalue weighted by Gasteiger charge is 2.16. The van der Waals surface area contributed by atoms with Crippen molar-refractivity contribution in [3.05, 3.63) is 34.3 Å². The zero-order valence-corrected chi connectivity index (χ0v) is 11.7. The van der Waals surface area contributed by atoms with Gasteiger partial charge in [-0.2, -0.15) is 0 Å². The number of halogens is 1. The summed E-state index contributed by atoms with van der Waals surface area (Å²) in [6.07, 6.45) is 0.585. The van der Waals surface area contributed by atoms with Crippen LogP contribution in [0, 0.1) is 0 Å². The van der Waals surface area contributed by atoms with E-state index in [1.54, 1.807) is 0 Å². The molecule has 1 unspecified atom stereocenters. The van der Waals surface area contributed by atoms with Crippen LogP contribution in [0.5, 0.6) is 0 Å². The van der Waals surface area contributed by atoms with Gasteiger partial charge in [0.25, 0.3) is 0 Å². The Hall–Kier alpha value is -0.380. The molecule has 0 aromatic heterocycles. The quantitative estimate of drug-likeness (QED) is 0.870. The fraction of sp³-hybridized carbons (Fsp3) is 0.538. The maximum absolute atomic E-state index is 10.0. The molecule has 0 fully saturated rings. The molecule has 0 radical (unpaired) electrons. The summed E-state index contributed by atoms with van der Waals surface area (Å²) >= 11 is 3.40. The van der Waals surface area contributed by atoms with Crippen LogP contribution in [0.2, 0.25) is 0 Å². The predicted octanol–water partition coefficient (Wildman–Crippen LogP) is 3.26. The van der Waals surface area contributed by atoms with E-state index in [0.717, 1.165) is 16.5 Å². The van der Waals surface area contributed by atoms with Crippen LogP contribution in [0.15, 0.2) is 28.7 Å². The Kier molecular flexibility index (Phi) is 4.96. The molecule has 0 bridgehead atoms. The van der Waals surface area contributed by atoms with Crippen molar-refractivity contribution < 1.29 is 5.11 Å². The average Bonchev–Trinajstić information content (AvgIpc) is 2.26. The number of β-amino-alcohol motifs (C(OH)–C–C–N with tert-alkyl or cyclic N) is 1. The number of hydrogen-bond acceptors (Lipinski definition) is 2. The lowest BCUT2D eigenvalue weighted by Crippen LogP contribution is -2.40. The van der Waals surface area contributed by atoms with Gasteiger partial charge in [-0.05, 0) is 38.0 Å². The predicted molar refractivity (Wildman–Crippen MR) is 71.5 cm³/mol. The lowest BCUT2D eigenvalue weighted by molar-refractivity contribution is 0.160. The molecule has 2 nitrogen and oxygen atoms in total. The van der Waals surface area contributed by atoms with Gasteiger partial charge in [-0.25, -0.2) is 0 Å². The highest BCUT2D eigenvalue weighted by Crippen LogP contribution is 2.18. The molecule has 16 heavy (non-hydrogen) atoms. The van der Waals surface area contributed by atoms with Gasteiger partial charge in [-0.15, -0.1) is 0 Å². The molecule has 2 N–H and O–H groups in total. The first-order chi connectivity index (χ1) is 7.44. The second-order valence-electron chi connectivity index (χ2n) is 4.69. The molecule has 1 rings (SSSR count). The van der Waals surface area contributed by atoms with Crippen LogP contribution in [-0.4, -0.2) is 17.2 Å². The minimum absolute atomic E-state index is 0.0764. The van der Waals surface area contributed by atoms with Crippen LogP contribution in [0.25, 0.3) is 0 Å². The number of aliphatic hydroxyl groups excluding tert-OH is 1. The first-order valence-electron chi connectivity index (χ1n) is 5.63. The normalized spacial score (nSPS) is 13.8. The topological polar surface area (TPSA) is 32.3 Å². The van der Waals surface area contributed by atoms with Crippen LogP contribution in [0.3, 0.4) is 0 Å². The Labute approximate surface area is 106 Å². The molecule has 0 aliphatic rings. The Bertz CT molecular complexity index is 338. The van der Waals surface area contributed by atoms with E-state index in [1.807, 2.05) is 24.3 Å². The van der Waals surface area contributed by atoms with Gasteiger partial charge in [0.05, 0.1) is 6.10 Å². The Morgan fingerprint density at radius 3 is 2.69 bits per heavy atom. The van der Waals surface area contributed by atoms with Crippen LogP contribution in [0.4, 0.5) is 0 Å². The molecule has 1 atom stereocenters. The maximum Gasteiger partial charge on any atom is 0.0914 e. The summed E-state index contributed by atoms with van der Waals surface area (Å²) in [6.45, 7) is 7.00. The lowest BCUT2D eigenvalue weighted by atomic mass is 10.0. The van der Waals surface area contributed by atoms with Crippen molar-refractivity contribution in [1.82, 2.24) is 5.32 Å². The summed E-state index contributed by atoms with van der Waals surface area (Å²) in [5.74, 6) is 0. The SMILES string of the molecule is CCC(C)(C)NCC(O)c1cccc(Br)c1. The summed E-state index contributed by atoms with van der Waals surface area (Å²) in [5, 5.41) is 13.4. The highest BCUT2D eigenvalue weighted by atomic mass is 79.9. The van der Waals surface area contributed by atoms with E-state index in [4.69, 9.17) is 0 Å². The van der Waals surface area contributed by atoms with Gasteiger partial charge < -0.3 is 10.4 Å². The van der Waals surface area contributed by atoms with Crippen LogP contribution < -0.4 is 5.32 Å². The van der Waals surface area contributed by atoms with E-state index >= 15 is 0 Å². The molecule has 0 aliphatic heterocycles. The number of hydrogen-bond donors (Lipinski definition) is 2. The van der Waals surface area contributed by atoms with Crippen molar-refractivity contribution in [1.29, 1.82) is 0 Å². The number of rotatable bonds is 5. The first kappa shape index (κ1) is 13.7. The van der Waals surface area contributed by atoms with E-state index in [1.165, 1.54) is 0 Å². The molecular formula is C13H20BrNO. The molecule has 1 aromatic rings. The number of aliphatic hydroxyl groups is 1. The molecule has 0 amide bonds. The monoisotopic (exact) mass is 285 g/mol. The Morgan fingerprint density at radius 2 is 2.12 bits per heavy atom. The van der Waals surface area contributed by atoms with Crippen molar-refractivity contribution in [2.24, 2.45) is 0 Å². The zero-order chi connectivity index (χ0) is 12.2. The molecular weight excluding hydrogens is 266 g/mol. The largest absolute Gasteiger partial charge is 0.387 e. The molecule has 90 valence electrons. The second-order valence-corrected chi connectivity index (χ2v) is 5.60. The Balaban J connectivity index is 2.56. The van der Waals surface area contributed by atoms with E-state index in [0.29, 0.717) is 6.54 Å². The van der Waals surface area contributed by atoms with Crippen LogP contribution in [0.1, 0.15) is 38.9 Å². The van der Waals surface area contributed by atoms with Crippen molar-refractivity contribution in [3.8, 4) is 0 Å². The molecule has 0 heterocycles. The minimum atomic E-state index is -0.455. The summed E-state index contributed by atoms with van der Waals surface area (Å²) in [6, 6.07) is 7.79. The molecule has 0 saturated carbocycles. The van der Waals surface area contributed by atoms with Crippen LogP contribution in [-0.2, 0) is 0 Å². The van der Waals surface area contributed by atoms with E-state index in [-0.39, 0.29) is 5.54 Å². The third-order valence-corrected chi connectivity index (χ3v) is 3.38. The van der Waals surface area contributed by atoms with Gasteiger partial charge in [0.2, 0.25) is 0 Å². The molecule has 3 heteroatoms. The van der Waals surface area contributed by atoms with Crippen LogP contribution >= 0.6 is 15.9 Å². The van der Waals surface area contributed by atoms with Crippen molar-refractivity contribution in [2.75, 3.05) is 6.54 Å². The third kappa shape index (κ3) is 4.24. The van der Waals surface area contributed by atoms with Gasteiger partial charge in [-0.3, -0.25) is 0 Å². The van der Waals surface area contributed by atoms with E-state index in [2.05, 4.69) is 42.0 Å². The number of nitrogens with one attached hydrogen (secondary N) is 1.